The minimum absolute atomic E-state index is 0.536. The zero-order valence-corrected chi connectivity index (χ0v) is 18.8. The van der Waals surface area contributed by atoms with Crippen LogP contribution in [0.3, 0.4) is 0 Å². The maximum atomic E-state index is 5.62. The second-order valence-electron chi connectivity index (χ2n) is 7.98. The van der Waals surface area contributed by atoms with Gasteiger partial charge in [-0.2, -0.15) is 0 Å². The molecular formula is C25H32N6O. The SMILES string of the molecule is CCNC(=NCc1ccc(N2CCCCCC2)nc1)NCc1coc(-c2ccccc2)n1. The van der Waals surface area contributed by atoms with E-state index in [0.717, 1.165) is 48.2 Å². The van der Waals surface area contributed by atoms with E-state index < -0.39 is 0 Å². The van der Waals surface area contributed by atoms with Crippen molar-refractivity contribution in [2.24, 2.45) is 4.99 Å². The van der Waals surface area contributed by atoms with Crippen LogP contribution in [-0.2, 0) is 13.1 Å². The highest BCUT2D eigenvalue weighted by atomic mass is 16.3. The fraction of sp³-hybridized carbons (Fsp3) is 0.400. The van der Waals surface area contributed by atoms with Gasteiger partial charge in [-0.3, -0.25) is 0 Å². The average Bonchev–Trinajstić information content (AvgIpc) is 3.15. The van der Waals surface area contributed by atoms with Crippen LogP contribution in [0.25, 0.3) is 11.5 Å². The number of guanidine groups is 1. The Hall–Kier alpha value is -3.35. The van der Waals surface area contributed by atoms with Crippen LogP contribution in [0, 0.1) is 0 Å². The van der Waals surface area contributed by atoms with Gasteiger partial charge in [0.05, 0.1) is 18.8 Å². The predicted octanol–water partition coefficient (Wildman–Crippen LogP) is 4.37. The monoisotopic (exact) mass is 432 g/mol. The summed E-state index contributed by atoms with van der Waals surface area (Å²) in [5.74, 6) is 2.44. The van der Waals surface area contributed by atoms with Crippen molar-refractivity contribution >= 4 is 11.8 Å². The summed E-state index contributed by atoms with van der Waals surface area (Å²) in [5.41, 5.74) is 2.89. The molecule has 1 fully saturated rings. The number of aliphatic imine (C=N–C) groups is 1. The molecule has 32 heavy (non-hydrogen) atoms. The molecule has 1 aliphatic heterocycles. The third-order valence-corrected chi connectivity index (χ3v) is 5.51. The van der Waals surface area contributed by atoms with Gasteiger partial charge in [0.1, 0.15) is 12.1 Å². The lowest BCUT2D eigenvalue weighted by Crippen LogP contribution is -2.36. The van der Waals surface area contributed by atoms with E-state index in [1.165, 1.54) is 25.7 Å². The van der Waals surface area contributed by atoms with Gasteiger partial charge >= 0.3 is 0 Å². The number of anilines is 1. The predicted molar refractivity (Wildman–Crippen MR) is 129 cm³/mol. The largest absolute Gasteiger partial charge is 0.444 e. The number of aromatic nitrogens is 2. The number of hydrogen-bond donors (Lipinski definition) is 2. The third-order valence-electron chi connectivity index (χ3n) is 5.51. The van der Waals surface area contributed by atoms with Gasteiger partial charge in [-0.1, -0.05) is 37.1 Å². The number of benzene rings is 1. The average molecular weight is 433 g/mol. The molecule has 2 N–H and O–H groups in total. The topological polar surface area (TPSA) is 78.6 Å². The van der Waals surface area contributed by atoms with E-state index in [0.29, 0.717) is 19.0 Å². The van der Waals surface area contributed by atoms with Gasteiger partial charge in [-0.25, -0.2) is 15.0 Å². The van der Waals surface area contributed by atoms with E-state index in [1.54, 1.807) is 6.26 Å². The molecule has 0 unspecified atom stereocenters. The van der Waals surface area contributed by atoms with Crippen molar-refractivity contribution in [3.8, 4) is 11.5 Å². The Kier molecular flexibility index (Phi) is 7.74. The first kappa shape index (κ1) is 21.9. The second-order valence-corrected chi connectivity index (χ2v) is 7.98. The van der Waals surface area contributed by atoms with Gasteiger partial charge in [0.2, 0.25) is 5.89 Å². The van der Waals surface area contributed by atoms with Crippen LogP contribution in [0.1, 0.15) is 43.9 Å². The highest BCUT2D eigenvalue weighted by molar-refractivity contribution is 5.79. The molecule has 4 rings (SSSR count). The Morgan fingerprint density at radius 1 is 1.03 bits per heavy atom. The van der Waals surface area contributed by atoms with E-state index >= 15 is 0 Å². The van der Waals surface area contributed by atoms with Crippen LogP contribution >= 0.6 is 0 Å². The van der Waals surface area contributed by atoms with E-state index in [4.69, 9.17) is 9.41 Å². The lowest BCUT2D eigenvalue weighted by Gasteiger charge is -2.21. The number of pyridine rings is 1. The van der Waals surface area contributed by atoms with Gasteiger partial charge in [0.15, 0.2) is 5.96 Å². The molecule has 0 aliphatic carbocycles. The Bertz CT molecular complexity index is 975. The van der Waals surface area contributed by atoms with Gasteiger partial charge in [-0.05, 0) is 43.5 Å². The summed E-state index contributed by atoms with van der Waals surface area (Å²) in [6, 6.07) is 14.2. The molecule has 2 aromatic heterocycles. The Labute approximate surface area is 190 Å². The quantitative estimate of drug-likeness (QED) is 0.426. The van der Waals surface area contributed by atoms with Crippen molar-refractivity contribution in [2.75, 3.05) is 24.5 Å². The van der Waals surface area contributed by atoms with Crippen LogP contribution in [0.15, 0.2) is 64.3 Å². The molecule has 0 radical (unpaired) electrons. The summed E-state index contributed by atoms with van der Waals surface area (Å²) in [6.45, 7) is 6.15. The third kappa shape index (κ3) is 6.09. The van der Waals surface area contributed by atoms with Crippen molar-refractivity contribution in [2.45, 2.75) is 45.7 Å². The maximum absolute atomic E-state index is 5.62. The highest BCUT2D eigenvalue weighted by Crippen LogP contribution is 2.19. The zero-order chi connectivity index (χ0) is 22.0. The summed E-state index contributed by atoms with van der Waals surface area (Å²) in [5, 5.41) is 6.61. The van der Waals surface area contributed by atoms with Crippen LogP contribution in [-0.4, -0.2) is 35.6 Å². The molecule has 0 bridgehead atoms. The van der Waals surface area contributed by atoms with Gasteiger partial charge < -0.3 is 20.0 Å². The minimum Gasteiger partial charge on any atom is -0.444 e. The molecule has 0 spiro atoms. The molecule has 7 heteroatoms. The molecule has 1 aromatic carbocycles. The summed E-state index contributed by atoms with van der Waals surface area (Å²) < 4.78 is 5.62. The van der Waals surface area contributed by atoms with Gasteiger partial charge in [-0.15, -0.1) is 0 Å². The molecular weight excluding hydrogens is 400 g/mol. The first-order valence-corrected chi connectivity index (χ1v) is 11.5. The fourth-order valence-electron chi connectivity index (χ4n) is 3.78. The summed E-state index contributed by atoms with van der Waals surface area (Å²) in [6.07, 6.45) is 8.78. The molecule has 1 saturated heterocycles. The van der Waals surface area contributed by atoms with Crippen LogP contribution in [0.5, 0.6) is 0 Å². The van der Waals surface area contributed by atoms with Crippen LogP contribution in [0.4, 0.5) is 5.82 Å². The lowest BCUT2D eigenvalue weighted by molar-refractivity contribution is 0.572. The molecule has 1 aliphatic rings. The van der Waals surface area contributed by atoms with Crippen molar-refractivity contribution in [3.63, 3.8) is 0 Å². The smallest absolute Gasteiger partial charge is 0.226 e. The van der Waals surface area contributed by atoms with E-state index in [2.05, 4.69) is 44.6 Å². The molecule has 0 atom stereocenters. The molecule has 3 aromatic rings. The van der Waals surface area contributed by atoms with E-state index in [-0.39, 0.29) is 0 Å². The second kappa shape index (κ2) is 11.3. The molecule has 0 saturated carbocycles. The lowest BCUT2D eigenvalue weighted by atomic mass is 10.2. The van der Waals surface area contributed by atoms with Crippen LogP contribution < -0.4 is 15.5 Å². The minimum atomic E-state index is 0.536. The Morgan fingerprint density at radius 2 is 1.84 bits per heavy atom. The Balaban J connectivity index is 1.33. The molecule has 0 amide bonds. The molecule has 7 nitrogen and oxygen atoms in total. The number of oxazole rings is 1. The van der Waals surface area contributed by atoms with E-state index in [9.17, 15) is 0 Å². The number of rotatable bonds is 7. The normalized spacial score (nSPS) is 14.8. The molecule has 168 valence electrons. The summed E-state index contributed by atoms with van der Waals surface area (Å²) in [7, 11) is 0. The van der Waals surface area contributed by atoms with Crippen LogP contribution in [0.2, 0.25) is 0 Å². The fourth-order valence-corrected chi connectivity index (χ4v) is 3.78. The van der Waals surface area contributed by atoms with Crippen molar-refractivity contribution in [1.82, 2.24) is 20.6 Å². The first-order valence-electron chi connectivity index (χ1n) is 11.5. The van der Waals surface area contributed by atoms with Crippen molar-refractivity contribution in [3.05, 3.63) is 66.2 Å². The molecule has 3 heterocycles. The van der Waals surface area contributed by atoms with Crippen molar-refractivity contribution < 1.29 is 4.42 Å². The first-order chi connectivity index (χ1) is 15.8. The summed E-state index contributed by atoms with van der Waals surface area (Å²) in [4.78, 5) is 16.4. The Morgan fingerprint density at radius 3 is 2.56 bits per heavy atom. The van der Waals surface area contributed by atoms with Gasteiger partial charge in [0, 0.05) is 31.4 Å². The van der Waals surface area contributed by atoms with Crippen molar-refractivity contribution in [1.29, 1.82) is 0 Å². The number of nitrogens with one attached hydrogen (secondary N) is 2. The summed E-state index contributed by atoms with van der Waals surface area (Å²) >= 11 is 0. The standard InChI is InChI=1S/C25H32N6O/c1-2-26-25(29-18-22-19-32-24(30-22)21-10-6-5-7-11-21)28-17-20-12-13-23(27-16-20)31-14-8-3-4-9-15-31/h5-7,10-13,16,19H,2-4,8-9,14-15,17-18H2,1H3,(H2,26,28,29). The zero-order valence-electron chi connectivity index (χ0n) is 18.8. The van der Waals surface area contributed by atoms with Gasteiger partial charge in [0.25, 0.3) is 0 Å². The highest BCUT2D eigenvalue weighted by Gasteiger charge is 2.11. The number of hydrogen-bond acceptors (Lipinski definition) is 5. The number of nitrogens with zero attached hydrogens (tertiary/aromatic N) is 4. The van der Waals surface area contributed by atoms with E-state index in [1.807, 2.05) is 36.5 Å². The maximum Gasteiger partial charge on any atom is 0.226 e.